The predicted molar refractivity (Wildman–Crippen MR) is 97.2 cm³/mol. The van der Waals surface area contributed by atoms with Crippen LogP contribution in [0.5, 0.6) is 0 Å². The number of nitrogens with zero attached hydrogens (tertiary/aromatic N) is 2. The van der Waals surface area contributed by atoms with Crippen molar-refractivity contribution in [2.75, 3.05) is 26.7 Å². The van der Waals surface area contributed by atoms with Gasteiger partial charge in [-0.15, -0.1) is 0 Å². The standard InChI is InChI=1S/C18H32N4O2/c1-6-19-17(20-11-13(2)22(5)15-8-9-15)21-12-18(4,23)16-10-7-14(3)24-16/h7,10,13,15,23H,6,8-9,11-12H2,1-5H3,(H2,19,20,21). The smallest absolute Gasteiger partial charge is 0.191 e. The van der Waals surface area contributed by atoms with Crippen LogP contribution in [0.2, 0.25) is 0 Å². The van der Waals surface area contributed by atoms with Crippen LogP contribution in [-0.2, 0) is 5.60 Å². The number of aliphatic hydroxyl groups is 1. The Balaban J connectivity index is 1.91. The number of likely N-dealkylation sites (N-methyl/N-ethyl adjacent to an activating group) is 1. The first-order chi connectivity index (χ1) is 11.3. The Labute approximate surface area is 145 Å². The molecular formula is C18H32N4O2. The van der Waals surface area contributed by atoms with Gasteiger partial charge in [-0.1, -0.05) is 0 Å². The van der Waals surface area contributed by atoms with E-state index in [-0.39, 0.29) is 6.54 Å². The monoisotopic (exact) mass is 336 g/mol. The van der Waals surface area contributed by atoms with Crippen molar-refractivity contribution in [3.63, 3.8) is 0 Å². The first-order valence-electron chi connectivity index (χ1n) is 8.87. The summed E-state index contributed by atoms with van der Waals surface area (Å²) in [5.74, 6) is 2.05. The van der Waals surface area contributed by atoms with Crippen LogP contribution in [0.4, 0.5) is 0 Å². The average molecular weight is 336 g/mol. The number of rotatable bonds is 8. The van der Waals surface area contributed by atoms with Crippen LogP contribution in [0.3, 0.4) is 0 Å². The normalized spacial score (nSPS) is 19.2. The van der Waals surface area contributed by atoms with Gasteiger partial charge in [-0.2, -0.15) is 0 Å². The van der Waals surface area contributed by atoms with Gasteiger partial charge in [0.05, 0.1) is 6.54 Å². The van der Waals surface area contributed by atoms with Gasteiger partial charge in [0, 0.05) is 25.2 Å². The highest BCUT2D eigenvalue weighted by Gasteiger charge is 2.29. The molecule has 1 aromatic heterocycles. The van der Waals surface area contributed by atoms with Crippen molar-refractivity contribution < 1.29 is 9.52 Å². The zero-order valence-electron chi connectivity index (χ0n) is 15.6. The molecule has 1 aliphatic carbocycles. The summed E-state index contributed by atoms with van der Waals surface area (Å²) in [5, 5.41) is 17.2. The molecule has 6 nitrogen and oxygen atoms in total. The molecule has 1 heterocycles. The van der Waals surface area contributed by atoms with E-state index in [2.05, 4.69) is 34.5 Å². The summed E-state index contributed by atoms with van der Waals surface area (Å²) < 4.78 is 5.54. The van der Waals surface area contributed by atoms with Crippen molar-refractivity contribution in [1.82, 2.24) is 15.5 Å². The van der Waals surface area contributed by atoms with E-state index in [1.54, 1.807) is 13.0 Å². The third-order valence-corrected chi connectivity index (χ3v) is 4.54. The van der Waals surface area contributed by atoms with E-state index in [9.17, 15) is 5.11 Å². The molecule has 0 amide bonds. The molecule has 24 heavy (non-hydrogen) atoms. The number of hydrogen-bond acceptors (Lipinski definition) is 4. The fourth-order valence-corrected chi connectivity index (χ4v) is 2.61. The maximum Gasteiger partial charge on any atom is 0.191 e. The average Bonchev–Trinajstić information content (AvgIpc) is 3.29. The van der Waals surface area contributed by atoms with Crippen molar-refractivity contribution in [2.45, 2.75) is 58.2 Å². The second-order valence-corrected chi connectivity index (χ2v) is 7.01. The maximum atomic E-state index is 10.6. The third kappa shape index (κ3) is 5.24. The number of hydrogen-bond donors (Lipinski definition) is 3. The maximum absolute atomic E-state index is 10.6. The molecule has 0 aromatic carbocycles. The lowest BCUT2D eigenvalue weighted by molar-refractivity contribution is 0.0428. The highest BCUT2D eigenvalue weighted by atomic mass is 16.4. The Bertz CT molecular complexity index is 549. The van der Waals surface area contributed by atoms with E-state index in [1.807, 2.05) is 19.9 Å². The summed E-state index contributed by atoms with van der Waals surface area (Å²) in [6.07, 6.45) is 2.61. The van der Waals surface area contributed by atoms with Crippen molar-refractivity contribution in [1.29, 1.82) is 0 Å². The van der Waals surface area contributed by atoms with Crippen LogP contribution in [0.25, 0.3) is 0 Å². The third-order valence-electron chi connectivity index (χ3n) is 4.54. The van der Waals surface area contributed by atoms with Crippen LogP contribution in [-0.4, -0.2) is 54.7 Å². The van der Waals surface area contributed by atoms with E-state index in [0.29, 0.717) is 11.8 Å². The number of aryl methyl sites for hydroxylation is 1. The van der Waals surface area contributed by atoms with Gasteiger partial charge in [0.1, 0.15) is 17.1 Å². The number of guanidine groups is 1. The minimum atomic E-state index is -1.12. The summed E-state index contributed by atoms with van der Waals surface area (Å²) in [4.78, 5) is 6.94. The van der Waals surface area contributed by atoms with Gasteiger partial charge < -0.3 is 20.2 Å². The van der Waals surface area contributed by atoms with Gasteiger partial charge in [-0.05, 0) is 59.7 Å². The van der Waals surface area contributed by atoms with Gasteiger partial charge in [0.2, 0.25) is 0 Å². The molecule has 2 unspecified atom stereocenters. The molecule has 2 atom stereocenters. The van der Waals surface area contributed by atoms with Crippen LogP contribution >= 0.6 is 0 Å². The zero-order valence-corrected chi connectivity index (χ0v) is 15.6. The summed E-state index contributed by atoms with van der Waals surface area (Å²) in [6.45, 7) is 9.68. The SMILES string of the molecule is CCNC(=NCC(C)(O)c1ccc(C)o1)NCC(C)N(C)C1CC1. The number of nitrogens with one attached hydrogen (secondary N) is 2. The Morgan fingerprint density at radius 2 is 2.17 bits per heavy atom. The van der Waals surface area contributed by atoms with Crippen LogP contribution < -0.4 is 10.6 Å². The largest absolute Gasteiger partial charge is 0.463 e. The van der Waals surface area contributed by atoms with E-state index in [0.717, 1.165) is 30.9 Å². The Morgan fingerprint density at radius 3 is 2.71 bits per heavy atom. The van der Waals surface area contributed by atoms with E-state index >= 15 is 0 Å². The molecule has 1 fully saturated rings. The summed E-state index contributed by atoms with van der Waals surface area (Å²) in [5.41, 5.74) is -1.12. The zero-order chi connectivity index (χ0) is 17.7. The van der Waals surface area contributed by atoms with Crippen molar-refractivity contribution >= 4 is 5.96 Å². The lowest BCUT2D eigenvalue weighted by Gasteiger charge is -2.26. The second kappa shape index (κ2) is 8.03. The number of furan rings is 1. The predicted octanol–water partition coefficient (Wildman–Crippen LogP) is 1.83. The number of aliphatic imine (C=N–C) groups is 1. The van der Waals surface area contributed by atoms with Crippen molar-refractivity contribution in [3.05, 3.63) is 23.7 Å². The Morgan fingerprint density at radius 1 is 1.46 bits per heavy atom. The Kier molecular flexibility index (Phi) is 6.29. The molecule has 136 valence electrons. The molecule has 0 aliphatic heterocycles. The fraction of sp³-hybridized carbons (Fsp3) is 0.722. The molecule has 1 aliphatic rings. The van der Waals surface area contributed by atoms with Gasteiger partial charge in [0.15, 0.2) is 5.96 Å². The molecule has 0 bridgehead atoms. The van der Waals surface area contributed by atoms with Crippen LogP contribution in [0.15, 0.2) is 21.5 Å². The minimum absolute atomic E-state index is 0.238. The van der Waals surface area contributed by atoms with Crippen LogP contribution in [0.1, 0.15) is 45.1 Å². The van der Waals surface area contributed by atoms with E-state index in [1.165, 1.54) is 12.8 Å². The summed E-state index contributed by atoms with van der Waals surface area (Å²) >= 11 is 0. The quantitative estimate of drug-likeness (QED) is 0.499. The fourth-order valence-electron chi connectivity index (χ4n) is 2.61. The first-order valence-corrected chi connectivity index (χ1v) is 8.87. The molecule has 0 spiro atoms. The van der Waals surface area contributed by atoms with Crippen molar-refractivity contribution in [3.8, 4) is 0 Å². The van der Waals surface area contributed by atoms with E-state index in [4.69, 9.17) is 4.42 Å². The lowest BCUT2D eigenvalue weighted by Crippen LogP contribution is -2.46. The van der Waals surface area contributed by atoms with Crippen LogP contribution in [0, 0.1) is 6.92 Å². The highest BCUT2D eigenvalue weighted by molar-refractivity contribution is 5.79. The van der Waals surface area contributed by atoms with Gasteiger partial charge >= 0.3 is 0 Å². The molecule has 3 N–H and O–H groups in total. The highest BCUT2D eigenvalue weighted by Crippen LogP contribution is 2.26. The Hall–Kier alpha value is -1.53. The van der Waals surface area contributed by atoms with E-state index < -0.39 is 5.60 Å². The molecule has 6 heteroatoms. The summed E-state index contributed by atoms with van der Waals surface area (Å²) in [6, 6.07) is 4.84. The molecule has 0 saturated heterocycles. The first kappa shape index (κ1) is 18.8. The van der Waals surface area contributed by atoms with Gasteiger partial charge in [-0.3, -0.25) is 4.90 Å². The lowest BCUT2D eigenvalue weighted by atomic mass is 10.0. The van der Waals surface area contributed by atoms with Gasteiger partial charge in [-0.25, -0.2) is 4.99 Å². The molecule has 0 radical (unpaired) electrons. The molecule has 2 rings (SSSR count). The second-order valence-electron chi connectivity index (χ2n) is 7.01. The molecular weight excluding hydrogens is 304 g/mol. The molecule has 1 aromatic rings. The van der Waals surface area contributed by atoms with Crippen molar-refractivity contribution in [2.24, 2.45) is 4.99 Å². The van der Waals surface area contributed by atoms with Gasteiger partial charge in [0.25, 0.3) is 0 Å². The molecule has 1 saturated carbocycles. The summed E-state index contributed by atoms with van der Waals surface area (Å²) in [7, 11) is 2.18. The minimum Gasteiger partial charge on any atom is -0.463 e. The topological polar surface area (TPSA) is 73.0 Å².